The highest BCUT2D eigenvalue weighted by molar-refractivity contribution is 9.10. The van der Waals surface area contributed by atoms with Gasteiger partial charge >= 0.3 is 5.97 Å². The molecule has 0 aromatic heterocycles. The Morgan fingerprint density at radius 3 is 2.53 bits per heavy atom. The maximum absolute atomic E-state index is 11.9. The van der Waals surface area contributed by atoms with Crippen LogP contribution in [0.2, 0.25) is 0 Å². The molecule has 2 aliphatic carbocycles. The van der Waals surface area contributed by atoms with E-state index in [0.717, 1.165) is 48.6 Å². The summed E-state index contributed by atoms with van der Waals surface area (Å²) in [7, 11) is 0. The van der Waals surface area contributed by atoms with Crippen LogP contribution in [0.4, 0.5) is 0 Å². The third kappa shape index (κ3) is 2.12. The summed E-state index contributed by atoms with van der Waals surface area (Å²) < 4.78 is 1.11. The van der Waals surface area contributed by atoms with Crippen molar-refractivity contribution in [1.82, 2.24) is 0 Å². The zero-order valence-electron chi connectivity index (χ0n) is 11.0. The van der Waals surface area contributed by atoms with Crippen LogP contribution in [0, 0.1) is 0 Å². The molecule has 0 bridgehead atoms. The van der Waals surface area contributed by atoms with E-state index in [9.17, 15) is 9.90 Å². The van der Waals surface area contributed by atoms with Crippen molar-refractivity contribution in [2.24, 2.45) is 0 Å². The minimum absolute atomic E-state index is 0.640. The second-order valence-corrected chi connectivity index (χ2v) is 6.75. The van der Waals surface area contributed by atoms with Crippen LogP contribution in [0.5, 0.6) is 0 Å². The Morgan fingerprint density at radius 1 is 1.11 bits per heavy atom. The first-order chi connectivity index (χ1) is 9.13. The molecule has 1 aromatic rings. The van der Waals surface area contributed by atoms with Crippen LogP contribution < -0.4 is 0 Å². The maximum atomic E-state index is 11.9. The predicted molar refractivity (Wildman–Crippen MR) is 78.6 cm³/mol. The van der Waals surface area contributed by atoms with Gasteiger partial charge in [-0.2, -0.15) is 0 Å². The Labute approximate surface area is 122 Å². The van der Waals surface area contributed by atoms with Crippen LogP contribution in [0.15, 0.2) is 16.6 Å². The average molecular weight is 323 g/mol. The van der Waals surface area contributed by atoms with E-state index in [0.29, 0.717) is 0 Å². The van der Waals surface area contributed by atoms with E-state index in [2.05, 4.69) is 28.1 Å². The topological polar surface area (TPSA) is 37.3 Å². The van der Waals surface area contributed by atoms with Crippen molar-refractivity contribution < 1.29 is 9.90 Å². The molecule has 0 amide bonds. The molecule has 0 radical (unpaired) electrons. The summed E-state index contributed by atoms with van der Waals surface area (Å²) >= 11 is 3.65. The van der Waals surface area contributed by atoms with Gasteiger partial charge in [-0.05, 0) is 54.9 Å². The number of carboxylic acids is 1. The Hall–Kier alpha value is -0.830. The highest BCUT2D eigenvalue weighted by Gasteiger charge is 2.41. The summed E-state index contributed by atoms with van der Waals surface area (Å²) in [4.78, 5) is 11.9. The van der Waals surface area contributed by atoms with Gasteiger partial charge in [-0.3, -0.25) is 4.79 Å². The molecule has 1 fully saturated rings. The molecule has 2 aliphatic rings. The van der Waals surface area contributed by atoms with Crippen molar-refractivity contribution in [2.75, 3.05) is 0 Å². The number of fused-ring (bicyclic) bond motifs is 1. The monoisotopic (exact) mass is 322 g/mol. The molecule has 3 heteroatoms. The third-order valence-electron chi connectivity index (χ3n) is 4.83. The van der Waals surface area contributed by atoms with E-state index in [4.69, 9.17) is 0 Å². The standard InChI is InChI=1S/C16H19BrO2/c17-14-10-12(9-11-5-4-6-13(11)14)16(15(18)19)7-2-1-3-8-16/h9-10H,1-8H2,(H,18,19). The fraction of sp³-hybridized carbons (Fsp3) is 0.562. The van der Waals surface area contributed by atoms with E-state index in [-0.39, 0.29) is 0 Å². The zero-order chi connectivity index (χ0) is 13.5. The molecule has 2 nitrogen and oxygen atoms in total. The lowest BCUT2D eigenvalue weighted by atomic mass is 9.69. The van der Waals surface area contributed by atoms with Crippen molar-refractivity contribution in [3.05, 3.63) is 33.3 Å². The lowest BCUT2D eigenvalue weighted by Crippen LogP contribution is -2.38. The van der Waals surface area contributed by atoms with Crippen LogP contribution in [0.1, 0.15) is 55.2 Å². The van der Waals surface area contributed by atoms with E-state index in [1.54, 1.807) is 0 Å². The van der Waals surface area contributed by atoms with Crippen molar-refractivity contribution >= 4 is 21.9 Å². The van der Waals surface area contributed by atoms with Gasteiger partial charge in [-0.25, -0.2) is 0 Å². The Bertz CT molecular complexity index is 516. The number of halogens is 1. The van der Waals surface area contributed by atoms with Crippen LogP contribution in [-0.2, 0) is 23.1 Å². The summed E-state index contributed by atoms with van der Waals surface area (Å²) in [5, 5.41) is 9.77. The number of aryl methyl sites for hydroxylation is 1. The van der Waals surface area contributed by atoms with Crippen LogP contribution in [-0.4, -0.2) is 11.1 Å². The summed E-state index contributed by atoms with van der Waals surface area (Å²) in [6.07, 6.45) is 8.20. The quantitative estimate of drug-likeness (QED) is 0.884. The summed E-state index contributed by atoms with van der Waals surface area (Å²) in [5.74, 6) is -0.642. The number of carboxylic acid groups (broad SMARTS) is 1. The Morgan fingerprint density at radius 2 is 1.84 bits per heavy atom. The number of benzene rings is 1. The fourth-order valence-corrected chi connectivity index (χ4v) is 4.41. The van der Waals surface area contributed by atoms with Gasteiger partial charge in [0.1, 0.15) is 0 Å². The van der Waals surface area contributed by atoms with E-state index in [1.807, 2.05) is 0 Å². The largest absolute Gasteiger partial charge is 0.481 e. The van der Waals surface area contributed by atoms with E-state index >= 15 is 0 Å². The molecule has 0 aliphatic heterocycles. The number of hydrogen-bond acceptors (Lipinski definition) is 1. The van der Waals surface area contributed by atoms with Gasteiger partial charge in [0.25, 0.3) is 0 Å². The molecule has 1 aromatic carbocycles. The van der Waals surface area contributed by atoms with Crippen LogP contribution in [0.25, 0.3) is 0 Å². The summed E-state index contributed by atoms with van der Waals surface area (Å²) in [5.41, 5.74) is 3.13. The van der Waals surface area contributed by atoms with Gasteiger partial charge in [0, 0.05) is 4.47 Å². The second-order valence-electron chi connectivity index (χ2n) is 5.90. The smallest absolute Gasteiger partial charge is 0.314 e. The molecular weight excluding hydrogens is 304 g/mol. The van der Waals surface area contributed by atoms with Gasteiger partial charge in [0.05, 0.1) is 5.41 Å². The second kappa shape index (κ2) is 4.93. The van der Waals surface area contributed by atoms with Crippen molar-refractivity contribution in [1.29, 1.82) is 0 Å². The fourth-order valence-electron chi connectivity index (χ4n) is 3.71. The first-order valence-corrected chi connectivity index (χ1v) is 7.98. The van der Waals surface area contributed by atoms with Crippen molar-refractivity contribution in [2.45, 2.75) is 56.8 Å². The SMILES string of the molecule is O=C(O)C1(c2cc(Br)c3c(c2)CCC3)CCCCC1. The molecule has 19 heavy (non-hydrogen) atoms. The Balaban J connectivity index is 2.08. The lowest BCUT2D eigenvalue weighted by molar-refractivity contribution is -0.145. The molecule has 0 spiro atoms. The normalized spacial score (nSPS) is 21.1. The Kier molecular flexibility index (Phi) is 3.42. The van der Waals surface area contributed by atoms with Crippen molar-refractivity contribution in [3.63, 3.8) is 0 Å². The highest BCUT2D eigenvalue weighted by atomic mass is 79.9. The number of rotatable bonds is 2. The van der Waals surface area contributed by atoms with E-state index in [1.165, 1.54) is 24.0 Å². The van der Waals surface area contributed by atoms with Gasteiger partial charge in [-0.15, -0.1) is 0 Å². The molecule has 0 heterocycles. The first kappa shape index (κ1) is 13.2. The molecule has 1 saturated carbocycles. The first-order valence-electron chi connectivity index (χ1n) is 7.19. The van der Waals surface area contributed by atoms with Crippen molar-refractivity contribution in [3.8, 4) is 0 Å². The van der Waals surface area contributed by atoms with Gasteiger partial charge < -0.3 is 5.11 Å². The van der Waals surface area contributed by atoms with Crippen LogP contribution >= 0.6 is 15.9 Å². The minimum atomic E-state index is -0.642. The van der Waals surface area contributed by atoms with Gasteiger partial charge in [0.2, 0.25) is 0 Å². The zero-order valence-corrected chi connectivity index (χ0v) is 12.6. The van der Waals surface area contributed by atoms with E-state index < -0.39 is 11.4 Å². The average Bonchev–Trinajstić information content (AvgIpc) is 2.88. The van der Waals surface area contributed by atoms with Crippen LogP contribution in [0.3, 0.4) is 0 Å². The molecular formula is C16H19BrO2. The molecule has 0 atom stereocenters. The molecule has 0 unspecified atom stereocenters. The highest BCUT2D eigenvalue weighted by Crippen LogP contribution is 2.43. The number of hydrogen-bond donors (Lipinski definition) is 1. The minimum Gasteiger partial charge on any atom is -0.481 e. The molecule has 102 valence electrons. The van der Waals surface area contributed by atoms with Gasteiger partial charge in [0.15, 0.2) is 0 Å². The predicted octanol–water partition coefficient (Wildman–Crippen LogP) is 4.22. The third-order valence-corrected chi connectivity index (χ3v) is 5.54. The summed E-state index contributed by atoms with van der Waals surface area (Å²) in [6.45, 7) is 0. The maximum Gasteiger partial charge on any atom is 0.314 e. The number of aliphatic carboxylic acids is 1. The molecule has 0 saturated heterocycles. The lowest BCUT2D eigenvalue weighted by Gasteiger charge is -2.34. The molecule has 3 rings (SSSR count). The van der Waals surface area contributed by atoms with Gasteiger partial charge in [-0.1, -0.05) is 41.3 Å². The summed E-state index contributed by atoms with van der Waals surface area (Å²) in [6, 6.07) is 4.25. The number of carbonyl (C=O) groups is 1. The molecule has 1 N–H and O–H groups in total.